The van der Waals surface area contributed by atoms with Crippen LogP contribution in [-0.4, -0.2) is 52.1 Å². The van der Waals surface area contributed by atoms with Crippen LogP contribution in [0.25, 0.3) is 0 Å². The fourth-order valence-electron chi connectivity index (χ4n) is 2.38. The predicted molar refractivity (Wildman–Crippen MR) is 84.5 cm³/mol. The van der Waals surface area contributed by atoms with Crippen LogP contribution in [0, 0.1) is 13.8 Å². The van der Waals surface area contributed by atoms with E-state index in [2.05, 4.69) is 30.2 Å². The standard InChI is InChI=1S/C15H18N6O2/c1-10-13(20-14(22)12-9-16-3-4-17-12)11(2)19-15(18-10)21-5-7-23-8-6-21/h3-4,9H,5-8H2,1-2H3,(H,20,22). The lowest BCUT2D eigenvalue weighted by Gasteiger charge is -2.27. The highest BCUT2D eigenvalue weighted by molar-refractivity contribution is 6.03. The van der Waals surface area contributed by atoms with E-state index < -0.39 is 0 Å². The number of rotatable bonds is 3. The van der Waals surface area contributed by atoms with Crippen LogP contribution in [0.2, 0.25) is 0 Å². The number of nitrogens with zero attached hydrogens (tertiary/aromatic N) is 5. The van der Waals surface area contributed by atoms with Gasteiger partial charge < -0.3 is 15.0 Å². The van der Waals surface area contributed by atoms with Gasteiger partial charge in [-0.3, -0.25) is 9.78 Å². The van der Waals surface area contributed by atoms with E-state index in [1.54, 1.807) is 0 Å². The lowest BCUT2D eigenvalue weighted by atomic mass is 10.2. The van der Waals surface area contributed by atoms with Crippen LogP contribution in [0.3, 0.4) is 0 Å². The normalized spacial score (nSPS) is 14.6. The summed E-state index contributed by atoms with van der Waals surface area (Å²) in [7, 11) is 0. The number of aromatic nitrogens is 4. The Morgan fingerprint density at radius 2 is 1.87 bits per heavy atom. The lowest BCUT2D eigenvalue weighted by molar-refractivity contribution is 0.102. The molecule has 0 aliphatic carbocycles. The summed E-state index contributed by atoms with van der Waals surface area (Å²) in [4.78, 5) is 31.2. The van der Waals surface area contributed by atoms with E-state index in [4.69, 9.17) is 4.74 Å². The molecule has 0 aromatic carbocycles. The zero-order valence-corrected chi connectivity index (χ0v) is 13.1. The Balaban J connectivity index is 1.81. The van der Waals surface area contributed by atoms with Gasteiger partial charge in [0.2, 0.25) is 5.95 Å². The summed E-state index contributed by atoms with van der Waals surface area (Å²) in [6.45, 7) is 6.59. The van der Waals surface area contributed by atoms with Crippen LogP contribution >= 0.6 is 0 Å². The minimum absolute atomic E-state index is 0.253. The summed E-state index contributed by atoms with van der Waals surface area (Å²) < 4.78 is 5.34. The molecule has 2 aromatic rings. The fraction of sp³-hybridized carbons (Fsp3) is 0.400. The molecule has 0 atom stereocenters. The van der Waals surface area contributed by atoms with Gasteiger partial charge in [-0.1, -0.05) is 0 Å². The van der Waals surface area contributed by atoms with Crippen molar-refractivity contribution >= 4 is 17.5 Å². The summed E-state index contributed by atoms with van der Waals surface area (Å²) in [5, 5.41) is 2.82. The SMILES string of the molecule is Cc1nc(N2CCOCC2)nc(C)c1NC(=O)c1cnccn1. The monoisotopic (exact) mass is 314 g/mol. The smallest absolute Gasteiger partial charge is 0.275 e. The van der Waals surface area contributed by atoms with Crippen molar-refractivity contribution in [3.05, 3.63) is 35.7 Å². The molecule has 3 rings (SSSR count). The number of carbonyl (C=O) groups is 1. The van der Waals surface area contributed by atoms with Gasteiger partial charge in [0, 0.05) is 25.5 Å². The minimum Gasteiger partial charge on any atom is -0.378 e. The summed E-state index contributed by atoms with van der Waals surface area (Å²) in [5.41, 5.74) is 2.30. The molecule has 0 unspecified atom stereocenters. The van der Waals surface area contributed by atoms with E-state index in [1.165, 1.54) is 18.6 Å². The third-order valence-corrected chi connectivity index (χ3v) is 3.59. The van der Waals surface area contributed by atoms with Crippen molar-refractivity contribution in [3.8, 4) is 0 Å². The van der Waals surface area contributed by atoms with Gasteiger partial charge >= 0.3 is 0 Å². The highest BCUT2D eigenvalue weighted by Crippen LogP contribution is 2.21. The first-order valence-corrected chi connectivity index (χ1v) is 7.40. The second-order valence-corrected chi connectivity index (χ2v) is 5.21. The number of hydrogen-bond donors (Lipinski definition) is 1. The molecule has 8 heteroatoms. The largest absolute Gasteiger partial charge is 0.378 e. The highest BCUT2D eigenvalue weighted by Gasteiger charge is 2.18. The second-order valence-electron chi connectivity index (χ2n) is 5.21. The molecule has 120 valence electrons. The lowest BCUT2D eigenvalue weighted by Crippen LogP contribution is -2.37. The molecular formula is C15H18N6O2. The number of carbonyl (C=O) groups excluding carboxylic acids is 1. The first-order chi connectivity index (χ1) is 11.1. The first kappa shape index (κ1) is 15.3. The first-order valence-electron chi connectivity index (χ1n) is 7.40. The van der Waals surface area contributed by atoms with Gasteiger partial charge in [-0.05, 0) is 13.8 Å². The van der Waals surface area contributed by atoms with Gasteiger partial charge in [-0.2, -0.15) is 0 Å². The van der Waals surface area contributed by atoms with Gasteiger partial charge in [-0.25, -0.2) is 15.0 Å². The average molecular weight is 314 g/mol. The van der Waals surface area contributed by atoms with E-state index in [0.29, 0.717) is 24.8 Å². The third kappa shape index (κ3) is 3.42. The third-order valence-electron chi connectivity index (χ3n) is 3.59. The Hall–Kier alpha value is -2.61. The van der Waals surface area contributed by atoms with E-state index in [1.807, 2.05) is 13.8 Å². The Kier molecular flexibility index (Phi) is 4.42. The molecule has 0 bridgehead atoms. The molecule has 3 heterocycles. The molecule has 0 radical (unpaired) electrons. The Morgan fingerprint density at radius 1 is 1.17 bits per heavy atom. The van der Waals surface area contributed by atoms with Crippen molar-refractivity contribution < 1.29 is 9.53 Å². The topological polar surface area (TPSA) is 93.1 Å². The molecule has 1 amide bonds. The zero-order chi connectivity index (χ0) is 16.2. The van der Waals surface area contributed by atoms with Crippen molar-refractivity contribution in [1.82, 2.24) is 19.9 Å². The van der Waals surface area contributed by atoms with Crippen LogP contribution in [0.4, 0.5) is 11.6 Å². The molecule has 1 saturated heterocycles. The zero-order valence-electron chi connectivity index (χ0n) is 13.1. The van der Waals surface area contributed by atoms with E-state index in [0.717, 1.165) is 24.5 Å². The van der Waals surface area contributed by atoms with Crippen molar-refractivity contribution in [2.24, 2.45) is 0 Å². The number of nitrogens with one attached hydrogen (secondary N) is 1. The number of hydrogen-bond acceptors (Lipinski definition) is 7. The molecule has 0 spiro atoms. The number of aryl methyl sites for hydroxylation is 2. The van der Waals surface area contributed by atoms with Crippen LogP contribution in [0.15, 0.2) is 18.6 Å². The van der Waals surface area contributed by atoms with E-state index in [-0.39, 0.29) is 11.6 Å². The summed E-state index contributed by atoms with van der Waals surface area (Å²) in [6, 6.07) is 0. The highest BCUT2D eigenvalue weighted by atomic mass is 16.5. The molecule has 2 aromatic heterocycles. The number of morpholine rings is 1. The van der Waals surface area contributed by atoms with Crippen molar-refractivity contribution in [2.45, 2.75) is 13.8 Å². The maximum atomic E-state index is 12.2. The van der Waals surface area contributed by atoms with Gasteiger partial charge in [0.25, 0.3) is 5.91 Å². The Morgan fingerprint density at radius 3 is 2.48 bits per heavy atom. The average Bonchev–Trinajstić information content (AvgIpc) is 2.59. The van der Waals surface area contributed by atoms with Crippen LogP contribution in [0.1, 0.15) is 21.9 Å². The maximum absolute atomic E-state index is 12.2. The molecule has 1 aliphatic heterocycles. The maximum Gasteiger partial charge on any atom is 0.275 e. The van der Waals surface area contributed by atoms with Gasteiger partial charge in [-0.15, -0.1) is 0 Å². The molecule has 1 fully saturated rings. The van der Waals surface area contributed by atoms with Crippen LogP contribution < -0.4 is 10.2 Å². The van der Waals surface area contributed by atoms with Gasteiger partial charge in [0.05, 0.1) is 36.5 Å². The molecule has 23 heavy (non-hydrogen) atoms. The van der Waals surface area contributed by atoms with Gasteiger partial charge in [0.1, 0.15) is 5.69 Å². The summed E-state index contributed by atoms with van der Waals surface area (Å²) >= 11 is 0. The second kappa shape index (κ2) is 6.66. The van der Waals surface area contributed by atoms with Crippen LogP contribution in [-0.2, 0) is 4.74 Å². The number of anilines is 2. The Bertz CT molecular complexity index is 677. The minimum atomic E-state index is -0.327. The number of amides is 1. The fourth-order valence-corrected chi connectivity index (χ4v) is 2.38. The summed E-state index contributed by atoms with van der Waals surface area (Å²) in [5.74, 6) is 0.341. The van der Waals surface area contributed by atoms with Crippen molar-refractivity contribution in [3.63, 3.8) is 0 Å². The van der Waals surface area contributed by atoms with Gasteiger partial charge in [0.15, 0.2) is 0 Å². The van der Waals surface area contributed by atoms with Crippen LogP contribution in [0.5, 0.6) is 0 Å². The molecule has 1 N–H and O–H groups in total. The predicted octanol–water partition coefficient (Wildman–Crippen LogP) is 0.972. The Labute approximate surface area is 134 Å². The molecule has 1 aliphatic rings. The summed E-state index contributed by atoms with van der Waals surface area (Å²) in [6.07, 6.45) is 4.42. The van der Waals surface area contributed by atoms with E-state index >= 15 is 0 Å². The van der Waals surface area contributed by atoms with Crippen molar-refractivity contribution in [1.29, 1.82) is 0 Å². The molecule has 8 nitrogen and oxygen atoms in total. The van der Waals surface area contributed by atoms with E-state index in [9.17, 15) is 4.79 Å². The molecular weight excluding hydrogens is 296 g/mol. The quantitative estimate of drug-likeness (QED) is 0.902. The molecule has 0 saturated carbocycles. The van der Waals surface area contributed by atoms with Crippen molar-refractivity contribution in [2.75, 3.05) is 36.5 Å². The number of ether oxygens (including phenoxy) is 1.